The summed E-state index contributed by atoms with van der Waals surface area (Å²) in [5.41, 5.74) is 0.265. The van der Waals surface area contributed by atoms with Crippen molar-refractivity contribution < 1.29 is 8.42 Å². The van der Waals surface area contributed by atoms with Gasteiger partial charge < -0.3 is 5.32 Å². The molecule has 1 atom stereocenters. The maximum Gasteiger partial charge on any atom is 0.213 e. The van der Waals surface area contributed by atoms with E-state index < -0.39 is 10.0 Å². The van der Waals surface area contributed by atoms with Gasteiger partial charge in [0.15, 0.2) is 0 Å². The van der Waals surface area contributed by atoms with Crippen LogP contribution in [0.5, 0.6) is 0 Å². The Kier molecular flexibility index (Phi) is 5.62. The van der Waals surface area contributed by atoms with Gasteiger partial charge >= 0.3 is 0 Å². The van der Waals surface area contributed by atoms with Crippen molar-refractivity contribution in [1.82, 2.24) is 10.0 Å². The Bertz CT molecular complexity index is 350. The predicted octanol–water partition coefficient (Wildman–Crippen LogP) is 1.87. The molecule has 1 rings (SSSR count). The molecular formula is C13H28N2O2S. The summed E-state index contributed by atoms with van der Waals surface area (Å²) in [6.45, 7) is 8.98. The zero-order valence-corrected chi connectivity index (χ0v) is 12.9. The average Bonchev–Trinajstić information content (AvgIpc) is 2.13. The lowest BCUT2D eigenvalue weighted by Gasteiger charge is -2.35. The third kappa shape index (κ3) is 6.16. The number of sulfonamides is 1. The van der Waals surface area contributed by atoms with Crippen LogP contribution in [0.4, 0.5) is 0 Å². The molecule has 2 N–H and O–H groups in total. The highest BCUT2D eigenvalue weighted by Gasteiger charge is 2.30. The third-order valence-electron chi connectivity index (χ3n) is 3.47. The van der Waals surface area contributed by atoms with E-state index >= 15 is 0 Å². The molecule has 0 saturated heterocycles. The molecule has 108 valence electrons. The minimum Gasteiger partial charge on any atom is -0.313 e. The molecule has 0 aromatic carbocycles. The summed E-state index contributed by atoms with van der Waals surface area (Å²) < 4.78 is 26.7. The molecular weight excluding hydrogens is 248 g/mol. The molecule has 1 unspecified atom stereocenters. The van der Waals surface area contributed by atoms with Gasteiger partial charge in [0, 0.05) is 18.6 Å². The lowest BCUT2D eigenvalue weighted by molar-refractivity contribution is 0.212. The summed E-state index contributed by atoms with van der Waals surface area (Å²) in [6.07, 6.45) is 4.23. The van der Waals surface area contributed by atoms with E-state index in [9.17, 15) is 8.42 Å². The van der Waals surface area contributed by atoms with Crippen LogP contribution in [0.15, 0.2) is 0 Å². The molecule has 1 aliphatic carbocycles. The molecule has 0 aromatic rings. The first kappa shape index (κ1) is 15.9. The lowest BCUT2D eigenvalue weighted by atomic mass is 9.75. The van der Waals surface area contributed by atoms with E-state index in [1.54, 1.807) is 0 Å². The smallest absolute Gasteiger partial charge is 0.213 e. The third-order valence-corrected chi connectivity index (χ3v) is 4.91. The fraction of sp³-hybridized carbons (Fsp3) is 1.00. The largest absolute Gasteiger partial charge is 0.313 e. The molecule has 4 nitrogen and oxygen atoms in total. The second kappa shape index (κ2) is 6.35. The fourth-order valence-corrected chi connectivity index (χ4v) is 3.81. The molecule has 1 saturated carbocycles. The summed E-state index contributed by atoms with van der Waals surface area (Å²) in [6, 6.07) is 0.451. The van der Waals surface area contributed by atoms with Gasteiger partial charge in [0.1, 0.15) is 0 Å². The lowest BCUT2D eigenvalue weighted by Crippen LogP contribution is -2.43. The molecule has 0 aromatic heterocycles. The minimum atomic E-state index is -3.14. The van der Waals surface area contributed by atoms with Crippen LogP contribution in [0.3, 0.4) is 0 Å². The average molecular weight is 276 g/mol. The van der Waals surface area contributed by atoms with Gasteiger partial charge in [-0.15, -0.1) is 0 Å². The first-order chi connectivity index (χ1) is 8.20. The van der Waals surface area contributed by atoms with Crippen LogP contribution >= 0.6 is 0 Å². The SMILES string of the molecule is CC(C)NCCS(=O)(=O)NC1CCCC(C)(C)C1. The summed E-state index contributed by atoms with van der Waals surface area (Å²) in [4.78, 5) is 0. The first-order valence-electron chi connectivity index (χ1n) is 6.94. The maximum atomic E-state index is 11.9. The standard InChI is InChI=1S/C13H28N2O2S/c1-11(2)14-8-9-18(16,17)15-12-6-5-7-13(3,4)10-12/h11-12,14-15H,5-10H2,1-4H3. The maximum absolute atomic E-state index is 11.9. The Morgan fingerprint density at radius 2 is 2.00 bits per heavy atom. The van der Waals surface area contributed by atoms with Crippen LogP contribution in [-0.4, -0.2) is 32.8 Å². The highest BCUT2D eigenvalue weighted by atomic mass is 32.2. The molecule has 0 radical (unpaired) electrons. The van der Waals surface area contributed by atoms with Crippen LogP contribution < -0.4 is 10.0 Å². The number of rotatable bonds is 6. The van der Waals surface area contributed by atoms with E-state index in [4.69, 9.17) is 0 Å². The Morgan fingerprint density at radius 1 is 1.33 bits per heavy atom. The zero-order valence-electron chi connectivity index (χ0n) is 12.1. The molecule has 0 heterocycles. The molecule has 0 amide bonds. The predicted molar refractivity (Wildman–Crippen MR) is 76.1 cm³/mol. The Balaban J connectivity index is 2.40. The van der Waals surface area contributed by atoms with Crippen molar-refractivity contribution in [2.75, 3.05) is 12.3 Å². The second-order valence-corrected chi connectivity index (χ2v) is 8.38. The summed E-state index contributed by atoms with van der Waals surface area (Å²) in [7, 11) is -3.14. The van der Waals surface area contributed by atoms with Gasteiger partial charge in [-0.3, -0.25) is 0 Å². The van der Waals surface area contributed by atoms with Gasteiger partial charge in [-0.25, -0.2) is 13.1 Å². The van der Waals surface area contributed by atoms with Crippen LogP contribution in [0.25, 0.3) is 0 Å². The number of hydrogen-bond acceptors (Lipinski definition) is 3. The van der Waals surface area contributed by atoms with Gasteiger partial charge in [-0.1, -0.05) is 34.1 Å². The zero-order chi connectivity index (χ0) is 13.8. The van der Waals surface area contributed by atoms with Crippen molar-refractivity contribution in [3.05, 3.63) is 0 Å². The van der Waals surface area contributed by atoms with Crippen molar-refractivity contribution >= 4 is 10.0 Å². The summed E-state index contributed by atoms with van der Waals surface area (Å²) in [5.74, 6) is 0.169. The van der Waals surface area contributed by atoms with Crippen molar-refractivity contribution in [3.63, 3.8) is 0 Å². The van der Waals surface area contributed by atoms with E-state index in [0.29, 0.717) is 12.6 Å². The van der Waals surface area contributed by atoms with Crippen LogP contribution in [0.2, 0.25) is 0 Å². The minimum absolute atomic E-state index is 0.123. The topological polar surface area (TPSA) is 58.2 Å². The molecule has 0 spiro atoms. The normalized spacial score (nSPS) is 24.4. The molecule has 1 fully saturated rings. The fourth-order valence-electron chi connectivity index (χ4n) is 2.59. The van der Waals surface area contributed by atoms with Gasteiger partial charge in [0.25, 0.3) is 0 Å². The quantitative estimate of drug-likeness (QED) is 0.778. The van der Waals surface area contributed by atoms with Crippen molar-refractivity contribution in [2.24, 2.45) is 5.41 Å². The Labute approximate surface area is 112 Å². The molecule has 18 heavy (non-hydrogen) atoms. The van der Waals surface area contributed by atoms with Gasteiger partial charge in [0.2, 0.25) is 10.0 Å². The van der Waals surface area contributed by atoms with Crippen molar-refractivity contribution in [2.45, 2.75) is 65.5 Å². The monoisotopic (exact) mass is 276 g/mol. The van der Waals surface area contributed by atoms with Crippen molar-refractivity contribution in [3.8, 4) is 0 Å². The van der Waals surface area contributed by atoms with E-state index in [2.05, 4.69) is 23.9 Å². The molecule has 0 bridgehead atoms. The number of nitrogens with one attached hydrogen (secondary N) is 2. The summed E-state index contributed by atoms with van der Waals surface area (Å²) >= 11 is 0. The van der Waals surface area contributed by atoms with Gasteiger partial charge in [-0.05, 0) is 24.7 Å². The van der Waals surface area contributed by atoms with Gasteiger partial charge in [0.05, 0.1) is 5.75 Å². The molecule has 5 heteroatoms. The Hall–Kier alpha value is -0.130. The molecule has 1 aliphatic rings. The van der Waals surface area contributed by atoms with Crippen LogP contribution in [0, 0.1) is 5.41 Å². The van der Waals surface area contributed by atoms with E-state index in [-0.39, 0.29) is 17.2 Å². The van der Waals surface area contributed by atoms with E-state index in [1.807, 2.05) is 13.8 Å². The molecule has 0 aliphatic heterocycles. The second-order valence-electron chi connectivity index (χ2n) is 6.50. The highest BCUT2D eigenvalue weighted by molar-refractivity contribution is 7.89. The van der Waals surface area contributed by atoms with Crippen molar-refractivity contribution in [1.29, 1.82) is 0 Å². The van der Waals surface area contributed by atoms with Crippen LogP contribution in [0.1, 0.15) is 53.4 Å². The first-order valence-corrected chi connectivity index (χ1v) is 8.59. The van der Waals surface area contributed by atoms with Crippen LogP contribution in [-0.2, 0) is 10.0 Å². The van der Waals surface area contributed by atoms with E-state index in [0.717, 1.165) is 19.3 Å². The van der Waals surface area contributed by atoms with E-state index in [1.165, 1.54) is 6.42 Å². The Morgan fingerprint density at radius 3 is 2.56 bits per heavy atom. The summed E-state index contributed by atoms with van der Waals surface area (Å²) in [5, 5.41) is 3.14. The van der Waals surface area contributed by atoms with Gasteiger partial charge in [-0.2, -0.15) is 0 Å². The highest BCUT2D eigenvalue weighted by Crippen LogP contribution is 2.35. The number of hydrogen-bond donors (Lipinski definition) is 2.